The molecule has 5 nitrogen and oxygen atoms in total. The van der Waals surface area contributed by atoms with Crippen molar-refractivity contribution in [2.45, 2.75) is 13.8 Å². The van der Waals surface area contributed by atoms with Crippen LogP contribution in [0.1, 0.15) is 19.4 Å². The van der Waals surface area contributed by atoms with Gasteiger partial charge in [0, 0.05) is 11.3 Å². The smallest absolute Gasteiger partial charge is 0.232 e. The number of hydrogen-bond donors (Lipinski definition) is 3. The molecule has 0 unspecified atom stereocenters. The van der Waals surface area contributed by atoms with Crippen LogP contribution in [0.5, 0.6) is 0 Å². The van der Waals surface area contributed by atoms with E-state index in [9.17, 15) is 8.42 Å². The van der Waals surface area contributed by atoms with Gasteiger partial charge in [0.1, 0.15) is 5.84 Å². The Bertz CT molecular complexity index is 492. The van der Waals surface area contributed by atoms with Gasteiger partial charge in [0.15, 0.2) is 0 Å². The summed E-state index contributed by atoms with van der Waals surface area (Å²) < 4.78 is 25.8. The number of nitrogen functional groups attached to an aromatic ring is 1. The summed E-state index contributed by atoms with van der Waals surface area (Å²) in [5.74, 6) is 0.118. The summed E-state index contributed by atoms with van der Waals surface area (Å²) in [5, 5.41) is 7.22. The molecule has 0 amide bonds. The lowest BCUT2D eigenvalue weighted by molar-refractivity contribution is 0.587. The summed E-state index contributed by atoms with van der Waals surface area (Å²) in [7, 11) is -3.30. The van der Waals surface area contributed by atoms with E-state index >= 15 is 0 Å². The largest absolute Gasteiger partial charge is 0.384 e. The maximum atomic E-state index is 11.7. The Morgan fingerprint density at radius 3 is 2.29 bits per heavy atom. The van der Waals surface area contributed by atoms with Crippen LogP contribution in [0.25, 0.3) is 0 Å². The molecule has 1 aromatic carbocycles. The van der Waals surface area contributed by atoms with Gasteiger partial charge in [0.05, 0.1) is 5.75 Å². The van der Waals surface area contributed by atoms with Crippen LogP contribution in [0.15, 0.2) is 24.3 Å². The van der Waals surface area contributed by atoms with Gasteiger partial charge < -0.3 is 5.73 Å². The van der Waals surface area contributed by atoms with Gasteiger partial charge in [0.25, 0.3) is 0 Å². The maximum absolute atomic E-state index is 11.7. The number of anilines is 1. The van der Waals surface area contributed by atoms with Gasteiger partial charge in [-0.05, 0) is 30.2 Å². The third-order valence-corrected chi connectivity index (χ3v) is 3.67. The Kier molecular flexibility index (Phi) is 4.11. The minimum absolute atomic E-state index is 0.0402. The number of amidine groups is 1. The van der Waals surface area contributed by atoms with Crippen LogP contribution in [0, 0.1) is 11.3 Å². The predicted molar refractivity (Wildman–Crippen MR) is 69.7 cm³/mol. The number of rotatable bonds is 5. The van der Waals surface area contributed by atoms with Crippen LogP contribution in [0.4, 0.5) is 5.69 Å². The fourth-order valence-corrected chi connectivity index (χ4v) is 2.83. The van der Waals surface area contributed by atoms with E-state index < -0.39 is 10.0 Å². The molecule has 0 fully saturated rings. The van der Waals surface area contributed by atoms with Crippen LogP contribution in [0.3, 0.4) is 0 Å². The zero-order valence-electron chi connectivity index (χ0n) is 9.90. The Morgan fingerprint density at radius 2 is 1.88 bits per heavy atom. The zero-order chi connectivity index (χ0) is 13.1. The zero-order valence-corrected chi connectivity index (χ0v) is 10.7. The van der Waals surface area contributed by atoms with Crippen molar-refractivity contribution in [2.24, 2.45) is 11.7 Å². The lowest BCUT2D eigenvalue weighted by Gasteiger charge is -2.10. The average Bonchev–Trinajstić information content (AvgIpc) is 2.15. The van der Waals surface area contributed by atoms with Crippen molar-refractivity contribution in [3.05, 3.63) is 29.8 Å². The van der Waals surface area contributed by atoms with Crippen molar-refractivity contribution in [1.82, 2.24) is 0 Å². The van der Waals surface area contributed by atoms with Gasteiger partial charge in [0.2, 0.25) is 10.0 Å². The molecule has 6 heteroatoms. The summed E-state index contributed by atoms with van der Waals surface area (Å²) in [4.78, 5) is 0. The van der Waals surface area contributed by atoms with Crippen molar-refractivity contribution in [3.8, 4) is 0 Å². The van der Waals surface area contributed by atoms with Crippen LogP contribution >= 0.6 is 0 Å². The van der Waals surface area contributed by atoms with E-state index in [-0.39, 0.29) is 17.5 Å². The molecule has 0 radical (unpaired) electrons. The van der Waals surface area contributed by atoms with E-state index in [4.69, 9.17) is 11.1 Å². The molecule has 1 aromatic rings. The second kappa shape index (κ2) is 5.18. The van der Waals surface area contributed by atoms with Crippen molar-refractivity contribution in [1.29, 1.82) is 5.41 Å². The standard InChI is InChI=1S/C11H17N3O2S/c1-8(2)7-17(15,16)14-10-5-3-9(4-6-10)11(12)13/h3-6,8,14H,7H2,1-2H3,(H3,12,13). The molecule has 4 N–H and O–H groups in total. The molecular formula is C11H17N3O2S. The lowest BCUT2D eigenvalue weighted by Crippen LogP contribution is -2.20. The molecule has 0 spiro atoms. The van der Waals surface area contributed by atoms with E-state index in [0.717, 1.165) is 0 Å². The monoisotopic (exact) mass is 255 g/mol. The van der Waals surface area contributed by atoms with Gasteiger partial charge in [-0.2, -0.15) is 0 Å². The molecule has 1 rings (SSSR count). The topological polar surface area (TPSA) is 96.0 Å². The molecule has 94 valence electrons. The molecule has 17 heavy (non-hydrogen) atoms. The molecule has 0 atom stereocenters. The number of nitrogens with two attached hydrogens (primary N) is 1. The van der Waals surface area contributed by atoms with E-state index in [1.807, 2.05) is 13.8 Å². The summed E-state index contributed by atoms with van der Waals surface area (Å²) in [6, 6.07) is 6.40. The highest BCUT2D eigenvalue weighted by molar-refractivity contribution is 7.92. The summed E-state index contributed by atoms with van der Waals surface area (Å²) in [5.41, 5.74) is 6.35. The first-order valence-corrected chi connectivity index (χ1v) is 6.90. The highest BCUT2D eigenvalue weighted by Crippen LogP contribution is 2.12. The van der Waals surface area contributed by atoms with Gasteiger partial charge in [-0.25, -0.2) is 8.42 Å². The van der Waals surface area contributed by atoms with Crippen molar-refractivity contribution < 1.29 is 8.42 Å². The Balaban J connectivity index is 2.79. The Hall–Kier alpha value is -1.56. The Labute approximate surface area is 102 Å². The number of hydrogen-bond acceptors (Lipinski definition) is 3. The van der Waals surface area contributed by atoms with Crippen molar-refractivity contribution in [3.63, 3.8) is 0 Å². The van der Waals surface area contributed by atoms with E-state index in [0.29, 0.717) is 11.3 Å². The minimum atomic E-state index is -3.30. The second-order valence-corrected chi connectivity index (χ2v) is 6.04. The molecule has 0 aliphatic heterocycles. The highest BCUT2D eigenvalue weighted by Gasteiger charge is 2.12. The summed E-state index contributed by atoms with van der Waals surface area (Å²) in [6.45, 7) is 3.69. The fourth-order valence-electron chi connectivity index (χ4n) is 1.38. The van der Waals surface area contributed by atoms with Gasteiger partial charge in [-0.1, -0.05) is 13.8 Å². The molecule has 0 aromatic heterocycles. The van der Waals surface area contributed by atoms with Crippen LogP contribution < -0.4 is 10.5 Å². The third-order valence-electron chi connectivity index (χ3n) is 2.02. The van der Waals surface area contributed by atoms with E-state index in [2.05, 4.69) is 4.72 Å². The van der Waals surface area contributed by atoms with Gasteiger partial charge >= 0.3 is 0 Å². The first-order valence-electron chi connectivity index (χ1n) is 5.25. The van der Waals surface area contributed by atoms with Crippen LogP contribution in [-0.4, -0.2) is 20.0 Å². The fraction of sp³-hybridized carbons (Fsp3) is 0.364. The molecule has 0 saturated carbocycles. The van der Waals surface area contributed by atoms with E-state index in [1.165, 1.54) is 0 Å². The van der Waals surface area contributed by atoms with E-state index in [1.54, 1.807) is 24.3 Å². The molecule has 0 bridgehead atoms. The number of nitrogens with one attached hydrogen (secondary N) is 2. The van der Waals surface area contributed by atoms with Gasteiger partial charge in [-0.3, -0.25) is 10.1 Å². The molecule has 0 saturated heterocycles. The highest BCUT2D eigenvalue weighted by atomic mass is 32.2. The predicted octanol–water partition coefficient (Wildman–Crippen LogP) is 1.37. The SMILES string of the molecule is CC(C)CS(=O)(=O)Nc1ccc(C(=N)N)cc1. The summed E-state index contributed by atoms with van der Waals surface area (Å²) >= 11 is 0. The minimum Gasteiger partial charge on any atom is -0.384 e. The quantitative estimate of drug-likeness (QED) is 0.547. The van der Waals surface area contributed by atoms with Crippen LogP contribution in [-0.2, 0) is 10.0 Å². The van der Waals surface area contributed by atoms with Crippen LogP contribution in [0.2, 0.25) is 0 Å². The molecule has 0 aliphatic carbocycles. The Morgan fingerprint density at radius 1 is 1.35 bits per heavy atom. The number of sulfonamides is 1. The summed E-state index contributed by atoms with van der Waals surface area (Å²) in [6.07, 6.45) is 0. The number of benzene rings is 1. The maximum Gasteiger partial charge on any atom is 0.232 e. The normalized spacial score (nSPS) is 11.5. The average molecular weight is 255 g/mol. The molecular weight excluding hydrogens is 238 g/mol. The van der Waals surface area contributed by atoms with Crippen molar-refractivity contribution >= 4 is 21.5 Å². The first-order chi connectivity index (χ1) is 7.80. The third kappa shape index (κ3) is 4.44. The van der Waals surface area contributed by atoms with Gasteiger partial charge in [-0.15, -0.1) is 0 Å². The molecule has 0 aliphatic rings. The second-order valence-electron chi connectivity index (χ2n) is 4.27. The lowest BCUT2D eigenvalue weighted by atomic mass is 10.2. The first kappa shape index (κ1) is 13.5. The van der Waals surface area contributed by atoms with Crippen molar-refractivity contribution in [2.75, 3.05) is 10.5 Å². The molecule has 0 heterocycles.